The van der Waals surface area contributed by atoms with Gasteiger partial charge in [-0.1, -0.05) is 12.1 Å². The molecule has 2 heterocycles. The van der Waals surface area contributed by atoms with Gasteiger partial charge in [-0.05, 0) is 69.9 Å². The van der Waals surface area contributed by atoms with Gasteiger partial charge in [-0.25, -0.2) is 0 Å². The van der Waals surface area contributed by atoms with E-state index in [2.05, 4.69) is 46.4 Å². The molecule has 1 aromatic carbocycles. The number of hydrogen-bond acceptors (Lipinski definition) is 4. The van der Waals surface area contributed by atoms with Crippen LogP contribution in [-0.2, 0) is 0 Å². The maximum atomic E-state index is 5.48. The fourth-order valence-corrected chi connectivity index (χ4v) is 4.53. The van der Waals surface area contributed by atoms with Gasteiger partial charge in [0.2, 0.25) is 0 Å². The average Bonchev–Trinajstić information content (AvgIpc) is 3.38. The van der Waals surface area contributed by atoms with Gasteiger partial charge in [0, 0.05) is 24.7 Å². The lowest BCUT2D eigenvalue weighted by Crippen LogP contribution is -2.47. The first-order valence-corrected chi connectivity index (χ1v) is 9.59. The summed E-state index contributed by atoms with van der Waals surface area (Å²) in [4.78, 5) is 5.20. The average molecular weight is 329 g/mol. The van der Waals surface area contributed by atoms with Crippen molar-refractivity contribution in [3.63, 3.8) is 0 Å². The summed E-state index contributed by atoms with van der Waals surface area (Å²) in [5, 5.41) is 4.03. The van der Waals surface area contributed by atoms with Crippen molar-refractivity contribution in [2.75, 3.05) is 33.8 Å². The van der Waals surface area contributed by atoms with Crippen LogP contribution in [0, 0.1) is 0 Å². The molecule has 4 heteroatoms. The minimum absolute atomic E-state index is 0.507. The van der Waals surface area contributed by atoms with Gasteiger partial charge in [0.05, 0.1) is 13.2 Å². The highest BCUT2D eigenvalue weighted by atomic mass is 16.5. The van der Waals surface area contributed by atoms with Crippen LogP contribution < -0.4 is 10.1 Å². The monoisotopic (exact) mass is 329 g/mol. The van der Waals surface area contributed by atoms with Crippen molar-refractivity contribution in [2.45, 2.75) is 56.3 Å². The van der Waals surface area contributed by atoms with Crippen LogP contribution in [-0.4, -0.2) is 61.7 Å². The van der Waals surface area contributed by atoms with Crippen LogP contribution in [0.15, 0.2) is 24.3 Å². The van der Waals surface area contributed by atoms with Crippen molar-refractivity contribution in [1.82, 2.24) is 15.1 Å². The Bertz CT molecular complexity index is 552. The van der Waals surface area contributed by atoms with Gasteiger partial charge < -0.3 is 15.0 Å². The minimum atomic E-state index is 0.507. The summed E-state index contributed by atoms with van der Waals surface area (Å²) in [6, 6.07) is 11.3. The Labute approximate surface area is 146 Å². The molecule has 0 unspecified atom stereocenters. The van der Waals surface area contributed by atoms with E-state index in [9.17, 15) is 0 Å². The SMILES string of the molecule is COc1cccc([C@H]2[C@H](NC3CCN(C)CC3)CCN2C2CC2)c1. The zero-order valence-electron chi connectivity index (χ0n) is 15.1. The molecule has 3 aliphatic rings. The number of likely N-dealkylation sites (tertiary alicyclic amines) is 2. The molecular formula is C20H31N3O. The fourth-order valence-electron chi connectivity index (χ4n) is 4.53. The first-order chi connectivity index (χ1) is 11.7. The number of ether oxygens (including phenoxy) is 1. The molecule has 0 spiro atoms. The van der Waals surface area contributed by atoms with Crippen LogP contribution in [0.5, 0.6) is 5.75 Å². The second-order valence-electron chi connectivity index (χ2n) is 7.83. The Morgan fingerprint density at radius 1 is 1.04 bits per heavy atom. The molecule has 2 saturated heterocycles. The minimum Gasteiger partial charge on any atom is -0.497 e. The molecular weight excluding hydrogens is 298 g/mol. The molecule has 0 amide bonds. The Balaban J connectivity index is 1.51. The van der Waals surface area contributed by atoms with Crippen molar-refractivity contribution >= 4 is 0 Å². The van der Waals surface area contributed by atoms with Gasteiger partial charge in [0.1, 0.15) is 5.75 Å². The van der Waals surface area contributed by atoms with Gasteiger partial charge in [-0.2, -0.15) is 0 Å². The first kappa shape index (κ1) is 16.4. The smallest absolute Gasteiger partial charge is 0.119 e. The summed E-state index contributed by atoms with van der Waals surface area (Å²) in [7, 11) is 4.00. The highest BCUT2D eigenvalue weighted by Gasteiger charge is 2.43. The maximum absolute atomic E-state index is 5.48. The lowest BCUT2D eigenvalue weighted by molar-refractivity contribution is 0.193. The number of piperidine rings is 1. The quantitative estimate of drug-likeness (QED) is 0.899. The van der Waals surface area contributed by atoms with Crippen LogP contribution in [0.1, 0.15) is 43.7 Å². The molecule has 1 N–H and O–H groups in total. The molecule has 4 nitrogen and oxygen atoms in total. The van der Waals surface area contributed by atoms with E-state index in [4.69, 9.17) is 4.74 Å². The summed E-state index contributed by atoms with van der Waals surface area (Å²) in [6.07, 6.45) is 6.58. The van der Waals surface area contributed by atoms with Gasteiger partial charge in [-0.3, -0.25) is 4.90 Å². The summed E-state index contributed by atoms with van der Waals surface area (Å²) in [5.74, 6) is 0.980. The molecule has 0 aromatic heterocycles. The second-order valence-corrected chi connectivity index (χ2v) is 7.83. The predicted octanol–water partition coefficient (Wildman–Crippen LogP) is 2.66. The number of hydrogen-bond donors (Lipinski definition) is 1. The molecule has 1 aliphatic carbocycles. The van der Waals surface area contributed by atoms with Crippen LogP contribution >= 0.6 is 0 Å². The summed E-state index contributed by atoms with van der Waals surface area (Å²) in [6.45, 7) is 3.68. The number of rotatable bonds is 5. The fraction of sp³-hybridized carbons (Fsp3) is 0.700. The van der Waals surface area contributed by atoms with E-state index in [1.54, 1.807) is 7.11 Å². The normalized spacial score (nSPS) is 29.9. The van der Waals surface area contributed by atoms with Crippen LogP contribution in [0.2, 0.25) is 0 Å². The Morgan fingerprint density at radius 2 is 1.83 bits per heavy atom. The van der Waals surface area contributed by atoms with Crippen molar-refractivity contribution in [3.05, 3.63) is 29.8 Å². The van der Waals surface area contributed by atoms with Gasteiger partial charge >= 0.3 is 0 Å². The van der Waals surface area contributed by atoms with Gasteiger partial charge in [0.15, 0.2) is 0 Å². The molecule has 1 aromatic rings. The zero-order valence-corrected chi connectivity index (χ0v) is 15.1. The topological polar surface area (TPSA) is 27.7 Å². The molecule has 3 fully saturated rings. The second kappa shape index (κ2) is 7.03. The van der Waals surface area contributed by atoms with Crippen molar-refractivity contribution < 1.29 is 4.74 Å². The third-order valence-corrected chi connectivity index (χ3v) is 6.06. The number of benzene rings is 1. The Hall–Kier alpha value is -1.10. The van der Waals surface area contributed by atoms with Crippen molar-refractivity contribution in [3.8, 4) is 5.75 Å². The van der Waals surface area contributed by atoms with Crippen LogP contribution in [0.3, 0.4) is 0 Å². The third kappa shape index (κ3) is 3.46. The molecule has 2 atom stereocenters. The van der Waals surface area contributed by atoms with Crippen LogP contribution in [0.25, 0.3) is 0 Å². The van der Waals surface area contributed by atoms with Crippen molar-refractivity contribution in [2.24, 2.45) is 0 Å². The highest BCUT2D eigenvalue weighted by molar-refractivity contribution is 5.32. The number of nitrogens with one attached hydrogen (secondary N) is 1. The van der Waals surface area contributed by atoms with E-state index in [-0.39, 0.29) is 0 Å². The zero-order chi connectivity index (χ0) is 16.5. The standard InChI is InChI=1S/C20H31N3O/c1-22-11-8-16(9-12-22)21-19-10-13-23(17-6-7-17)20(19)15-4-3-5-18(14-15)24-2/h3-5,14,16-17,19-21H,6-13H2,1-2H3/t19-,20+/m1/s1. The number of nitrogens with zero attached hydrogens (tertiary/aromatic N) is 2. The van der Waals surface area contributed by atoms with Gasteiger partial charge in [0.25, 0.3) is 0 Å². The van der Waals surface area contributed by atoms with Gasteiger partial charge in [-0.15, -0.1) is 0 Å². The number of methoxy groups -OCH3 is 1. The first-order valence-electron chi connectivity index (χ1n) is 9.59. The Kier molecular flexibility index (Phi) is 4.79. The lowest BCUT2D eigenvalue weighted by Gasteiger charge is -2.35. The molecule has 0 radical (unpaired) electrons. The molecule has 0 bridgehead atoms. The lowest BCUT2D eigenvalue weighted by atomic mass is 9.96. The predicted molar refractivity (Wildman–Crippen MR) is 97.5 cm³/mol. The van der Waals surface area contributed by atoms with Crippen LogP contribution in [0.4, 0.5) is 0 Å². The molecule has 24 heavy (non-hydrogen) atoms. The largest absolute Gasteiger partial charge is 0.497 e. The molecule has 2 aliphatic heterocycles. The summed E-state index contributed by atoms with van der Waals surface area (Å²) >= 11 is 0. The summed E-state index contributed by atoms with van der Waals surface area (Å²) < 4.78 is 5.48. The Morgan fingerprint density at radius 3 is 2.54 bits per heavy atom. The van der Waals surface area contributed by atoms with Crippen molar-refractivity contribution in [1.29, 1.82) is 0 Å². The van der Waals surface area contributed by atoms with E-state index < -0.39 is 0 Å². The van der Waals surface area contributed by atoms with E-state index in [1.807, 2.05) is 0 Å². The highest BCUT2D eigenvalue weighted by Crippen LogP contribution is 2.42. The van der Waals surface area contributed by atoms with E-state index in [0.29, 0.717) is 18.1 Å². The summed E-state index contributed by atoms with van der Waals surface area (Å²) in [5.41, 5.74) is 1.42. The molecule has 1 saturated carbocycles. The van der Waals surface area contributed by atoms with E-state index >= 15 is 0 Å². The van der Waals surface area contributed by atoms with E-state index in [0.717, 1.165) is 11.8 Å². The molecule has 132 valence electrons. The maximum Gasteiger partial charge on any atom is 0.119 e. The third-order valence-electron chi connectivity index (χ3n) is 6.06. The molecule has 4 rings (SSSR count). The van der Waals surface area contributed by atoms with E-state index in [1.165, 1.54) is 57.3 Å².